The highest BCUT2D eigenvalue weighted by Crippen LogP contribution is 2.39. The SMILES string of the molecule is O=C(O)N(c1cc(CCCCc2nc3ccc(CNC[C@H](O)c4ccc(O)c5[nH]c(=O)ccc45)cc3o2)ccc1-c1ccccc1)[C@H]1CN2CCC1CC2. The standard InChI is InChI=1S/C43H45N5O6/c49-37-16-13-32(33-14-17-40(51)46-42(33)37)38(50)25-44-24-28-11-15-34-39(23-28)54-41(45-34)9-5-4-6-27-10-12-31(29-7-2-1-3-8-29)35(22-27)48(43(52)53)36-26-47-20-18-30(36)19-21-47/h1-3,7-8,10-17,22-23,30,36,38,44,49-50H,4-6,9,18-21,24-26H2,(H,46,51)(H,52,53)/t36-,38-/m0/s1. The summed E-state index contributed by atoms with van der Waals surface area (Å²) in [5.74, 6) is 1.02. The summed E-state index contributed by atoms with van der Waals surface area (Å²) in [6, 6.07) is 28.3. The van der Waals surface area contributed by atoms with Gasteiger partial charge in [0.1, 0.15) is 11.3 Å². The number of piperidine rings is 3. The van der Waals surface area contributed by atoms with Crippen molar-refractivity contribution in [1.82, 2.24) is 20.2 Å². The van der Waals surface area contributed by atoms with E-state index < -0.39 is 12.2 Å². The maximum absolute atomic E-state index is 12.9. The Labute approximate surface area is 312 Å². The number of aromatic nitrogens is 2. The van der Waals surface area contributed by atoms with E-state index in [0.717, 1.165) is 85.2 Å². The first-order valence-corrected chi connectivity index (χ1v) is 18.9. The first-order valence-electron chi connectivity index (χ1n) is 18.9. The fourth-order valence-corrected chi connectivity index (χ4v) is 8.30. The minimum Gasteiger partial charge on any atom is -0.506 e. The van der Waals surface area contributed by atoms with Crippen LogP contribution in [0.15, 0.2) is 100 Å². The highest BCUT2D eigenvalue weighted by molar-refractivity contribution is 5.94. The number of hydrogen-bond donors (Lipinski definition) is 5. The summed E-state index contributed by atoms with van der Waals surface area (Å²) in [4.78, 5) is 36.1. The Bertz CT molecular complexity index is 2330. The molecular formula is C43H45N5O6. The molecule has 3 aliphatic heterocycles. The number of carboxylic acid groups (broad SMARTS) is 1. The van der Waals surface area contributed by atoms with Crippen molar-refractivity contribution in [2.24, 2.45) is 5.92 Å². The van der Waals surface area contributed by atoms with Gasteiger partial charge in [-0.3, -0.25) is 9.69 Å². The molecule has 3 aliphatic rings. The molecule has 3 fully saturated rings. The van der Waals surface area contributed by atoms with E-state index in [1.54, 1.807) is 17.0 Å². The lowest BCUT2D eigenvalue weighted by molar-refractivity contribution is 0.0837. The number of aromatic hydroxyl groups is 1. The van der Waals surface area contributed by atoms with Gasteiger partial charge in [-0.25, -0.2) is 9.78 Å². The zero-order chi connectivity index (χ0) is 37.2. The summed E-state index contributed by atoms with van der Waals surface area (Å²) in [6.07, 6.45) is 3.62. The van der Waals surface area contributed by atoms with Gasteiger partial charge in [0.25, 0.3) is 0 Å². The summed E-state index contributed by atoms with van der Waals surface area (Å²) < 4.78 is 6.14. The maximum atomic E-state index is 12.9. The number of aromatic amines is 1. The van der Waals surface area contributed by atoms with Crippen LogP contribution in [0, 0.1) is 5.92 Å². The molecule has 1 amide bonds. The normalized spacial score (nSPS) is 18.6. The Hall–Kier alpha value is -5.49. The third kappa shape index (κ3) is 7.48. The fraction of sp³-hybridized carbons (Fsp3) is 0.326. The number of phenols is 1. The largest absolute Gasteiger partial charge is 0.506 e. The fourth-order valence-electron chi connectivity index (χ4n) is 8.30. The molecule has 2 bridgehead atoms. The van der Waals surface area contributed by atoms with Crippen LogP contribution >= 0.6 is 0 Å². The van der Waals surface area contributed by atoms with Gasteiger partial charge >= 0.3 is 6.09 Å². The number of fused-ring (bicyclic) bond motifs is 5. The second-order valence-electron chi connectivity index (χ2n) is 14.6. The van der Waals surface area contributed by atoms with Crippen LogP contribution in [0.25, 0.3) is 33.1 Å². The van der Waals surface area contributed by atoms with E-state index >= 15 is 0 Å². The number of anilines is 1. The molecule has 3 saturated heterocycles. The molecule has 278 valence electrons. The first-order chi connectivity index (χ1) is 26.3. The van der Waals surface area contributed by atoms with Gasteiger partial charge in [-0.1, -0.05) is 54.6 Å². The van der Waals surface area contributed by atoms with Crippen LogP contribution in [0.3, 0.4) is 0 Å². The van der Waals surface area contributed by atoms with Gasteiger partial charge in [-0.05, 0) is 104 Å². The quantitative estimate of drug-likeness (QED) is 0.0791. The summed E-state index contributed by atoms with van der Waals surface area (Å²) in [7, 11) is 0. The van der Waals surface area contributed by atoms with Gasteiger partial charge in [-0.2, -0.15) is 0 Å². The zero-order valence-corrected chi connectivity index (χ0v) is 30.1. The van der Waals surface area contributed by atoms with Gasteiger partial charge in [0, 0.05) is 43.1 Å². The number of oxazole rings is 1. The molecule has 11 nitrogen and oxygen atoms in total. The van der Waals surface area contributed by atoms with Crippen LogP contribution in [0.2, 0.25) is 0 Å². The predicted octanol–water partition coefficient (Wildman–Crippen LogP) is 7.01. The third-order valence-corrected chi connectivity index (χ3v) is 11.1. The summed E-state index contributed by atoms with van der Waals surface area (Å²) in [5, 5.41) is 35.5. The van der Waals surface area contributed by atoms with E-state index in [0.29, 0.717) is 46.8 Å². The number of hydrogen-bond acceptors (Lipinski definition) is 8. The zero-order valence-electron chi connectivity index (χ0n) is 30.1. The van der Waals surface area contributed by atoms with Crippen LogP contribution in [0.5, 0.6) is 5.75 Å². The van der Waals surface area contributed by atoms with Crippen molar-refractivity contribution in [3.8, 4) is 16.9 Å². The average molecular weight is 728 g/mol. The molecule has 2 aromatic heterocycles. The summed E-state index contributed by atoms with van der Waals surface area (Å²) in [5.41, 5.74) is 6.93. The molecule has 0 unspecified atom stereocenters. The Balaban J connectivity index is 0.892. The van der Waals surface area contributed by atoms with Crippen molar-refractivity contribution < 1.29 is 24.5 Å². The van der Waals surface area contributed by atoms with Crippen LogP contribution in [-0.4, -0.2) is 68.5 Å². The second-order valence-corrected chi connectivity index (χ2v) is 14.6. The molecule has 4 aromatic carbocycles. The number of pyridine rings is 1. The van der Waals surface area contributed by atoms with Crippen molar-refractivity contribution in [2.45, 2.75) is 57.2 Å². The lowest BCUT2D eigenvalue weighted by atomic mass is 9.82. The number of rotatable bonds is 13. The molecule has 11 heteroatoms. The Morgan fingerprint density at radius 2 is 1.76 bits per heavy atom. The molecule has 0 aliphatic carbocycles. The number of phenolic OH excluding ortho intramolecular Hbond substituents is 1. The number of nitrogens with one attached hydrogen (secondary N) is 2. The van der Waals surface area contributed by atoms with Crippen molar-refractivity contribution in [1.29, 1.82) is 0 Å². The van der Waals surface area contributed by atoms with E-state index in [4.69, 9.17) is 9.40 Å². The van der Waals surface area contributed by atoms with E-state index in [9.17, 15) is 24.9 Å². The minimum absolute atomic E-state index is 0.0437. The Morgan fingerprint density at radius 1 is 0.963 bits per heavy atom. The third-order valence-electron chi connectivity index (χ3n) is 11.1. The second kappa shape index (κ2) is 15.5. The van der Waals surface area contributed by atoms with E-state index in [2.05, 4.69) is 33.4 Å². The Morgan fingerprint density at radius 3 is 2.54 bits per heavy atom. The van der Waals surface area contributed by atoms with Crippen molar-refractivity contribution >= 4 is 33.8 Å². The molecule has 0 saturated carbocycles. The topological polar surface area (TPSA) is 155 Å². The molecular weight excluding hydrogens is 683 g/mol. The maximum Gasteiger partial charge on any atom is 0.412 e. The number of aryl methyl sites for hydroxylation is 2. The minimum atomic E-state index is -0.891. The highest BCUT2D eigenvalue weighted by Gasteiger charge is 2.41. The lowest BCUT2D eigenvalue weighted by Gasteiger charge is -2.48. The van der Waals surface area contributed by atoms with E-state index in [1.165, 1.54) is 12.1 Å². The molecule has 0 spiro atoms. The van der Waals surface area contributed by atoms with Gasteiger partial charge in [0.05, 0.1) is 23.3 Å². The smallest absolute Gasteiger partial charge is 0.412 e. The van der Waals surface area contributed by atoms with Crippen LogP contribution < -0.4 is 15.8 Å². The molecule has 2 atom stereocenters. The van der Waals surface area contributed by atoms with Crippen LogP contribution in [0.1, 0.15) is 54.4 Å². The predicted molar refractivity (Wildman–Crippen MR) is 209 cm³/mol. The van der Waals surface area contributed by atoms with E-state index in [-0.39, 0.29) is 23.9 Å². The Kier molecular flexibility index (Phi) is 10.2. The van der Waals surface area contributed by atoms with Crippen molar-refractivity contribution in [3.05, 3.63) is 124 Å². The van der Waals surface area contributed by atoms with Crippen LogP contribution in [0.4, 0.5) is 10.5 Å². The number of carbonyl (C=O) groups is 1. The molecule has 5 N–H and O–H groups in total. The summed E-state index contributed by atoms with van der Waals surface area (Å²) >= 11 is 0. The van der Waals surface area contributed by atoms with Crippen molar-refractivity contribution in [3.63, 3.8) is 0 Å². The van der Waals surface area contributed by atoms with Crippen LogP contribution in [-0.2, 0) is 19.4 Å². The number of unbranched alkanes of at least 4 members (excludes halogenated alkanes) is 1. The molecule has 6 aromatic rings. The lowest BCUT2D eigenvalue weighted by Crippen LogP contribution is -2.59. The molecule has 5 heterocycles. The van der Waals surface area contributed by atoms with Gasteiger partial charge in [0.15, 0.2) is 11.5 Å². The van der Waals surface area contributed by atoms with Gasteiger partial charge in [-0.15, -0.1) is 0 Å². The molecule has 9 rings (SSSR count). The van der Waals surface area contributed by atoms with Crippen molar-refractivity contribution in [2.75, 3.05) is 31.1 Å². The number of aliphatic hydroxyl groups is 1. The van der Waals surface area contributed by atoms with Gasteiger partial charge in [0.2, 0.25) is 5.56 Å². The number of benzene rings is 4. The highest BCUT2D eigenvalue weighted by atomic mass is 16.4. The number of aliphatic hydroxyl groups excluding tert-OH is 1. The van der Waals surface area contributed by atoms with E-state index in [1.807, 2.05) is 48.5 Å². The summed E-state index contributed by atoms with van der Waals surface area (Å²) in [6.45, 7) is 3.65. The molecule has 0 radical (unpaired) electrons. The number of H-pyrrole nitrogens is 1. The van der Waals surface area contributed by atoms with Gasteiger partial charge < -0.3 is 34.9 Å². The number of nitrogens with zero attached hydrogens (tertiary/aromatic N) is 3. The number of amides is 1. The average Bonchev–Trinajstić information content (AvgIpc) is 3.60. The monoisotopic (exact) mass is 727 g/mol. The first kappa shape index (κ1) is 35.5. The molecule has 54 heavy (non-hydrogen) atoms.